The van der Waals surface area contributed by atoms with Gasteiger partial charge < -0.3 is 5.32 Å². The maximum atomic E-state index is 12.5. The smallest absolute Gasteiger partial charge is 0.252 e. The molecule has 26 heavy (non-hydrogen) atoms. The zero-order chi connectivity index (χ0) is 18.1. The highest BCUT2D eigenvalue weighted by Crippen LogP contribution is 2.27. The number of hydrogen-bond donors (Lipinski definition) is 1. The van der Waals surface area contributed by atoms with Crippen LogP contribution in [0.25, 0.3) is 10.2 Å². The van der Waals surface area contributed by atoms with E-state index in [1.807, 2.05) is 18.2 Å². The first-order valence-corrected chi connectivity index (χ1v) is 11.4. The molecule has 1 aromatic carbocycles. The van der Waals surface area contributed by atoms with Gasteiger partial charge in [-0.25, -0.2) is 13.4 Å². The van der Waals surface area contributed by atoms with E-state index in [2.05, 4.69) is 10.3 Å². The molecule has 1 aliphatic heterocycles. The number of thiazole rings is 1. The summed E-state index contributed by atoms with van der Waals surface area (Å²) < 4.78 is 28.0. The van der Waals surface area contributed by atoms with E-state index in [4.69, 9.17) is 0 Å². The van der Waals surface area contributed by atoms with Gasteiger partial charge in [-0.3, -0.25) is 4.79 Å². The number of anilines is 1. The number of carbonyl (C=O) groups excluding carboxylic acids is 1. The van der Waals surface area contributed by atoms with Crippen molar-refractivity contribution in [1.82, 2.24) is 9.29 Å². The van der Waals surface area contributed by atoms with Crippen molar-refractivity contribution >= 4 is 54.5 Å². The minimum atomic E-state index is -3.43. The molecule has 0 saturated carbocycles. The fourth-order valence-electron chi connectivity index (χ4n) is 3.07. The standard InChI is InChI=1S/C17H17N3O3S3/c21-17(19-13-3-4-14-15(10-13)25-11-18-14)12-5-7-20(8-6-12)26(22,23)16-2-1-9-24-16/h1-4,9-12H,5-8H2,(H,19,21). The van der Waals surface area contributed by atoms with Gasteiger partial charge in [-0.05, 0) is 42.5 Å². The van der Waals surface area contributed by atoms with Gasteiger partial charge in [-0.2, -0.15) is 4.31 Å². The van der Waals surface area contributed by atoms with Crippen LogP contribution in [-0.2, 0) is 14.8 Å². The van der Waals surface area contributed by atoms with Crippen molar-refractivity contribution in [2.45, 2.75) is 17.1 Å². The van der Waals surface area contributed by atoms with Crippen LogP contribution >= 0.6 is 22.7 Å². The Balaban J connectivity index is 1.39. The maximum Gasteiger partial charge on any atom is 0.252 e. The molecule has 0 spiro atoms. The predicted octanol–water partition coefficient (Wildman–Crippen LogP) is 3.40. The Labute approximate surface area is 159 Å². The molecule has 0 aliphatic carbocycles. The molecule has 4 rings (SSSR count). The molecule has 136 valence electrons. The second-order valence-electron chi connectivity index (χ2n) is 6.13. The van der Waals surface area contributed by atoms with Crippen LogP contribution in [0.3, 0.4) is 0 Å². The zero-order valence-electron chi connectivity index (χ0n) is 13.8. The van der Waals surface area contributed by atoms with Crippen LogP contribution in [0, 0.1) is 5.92 Å². The zero-order valence-corrected chi connectivity index (χ0v) is 16.2. The summed E-state index contributed by atoms with van der Waals surface area (Å²) in [5.41, 5.74) is 3.44. The summed E-state index contributed by atoms with van der Waals surface area (Å²) in [4.78, 5) is 16.8. The summed E-state index contributed by atoms with van der Waals surface area (Å²) in [6, 6.07) is 9.00. The lowest BCUT2D eigenvalue weighted by Gasteiger charge is -2.30. The van der Waals surface area contributed by atoms with E-state index in [1.165, 1.54) is 27.0 Å². The lowest BCUT2D eigenvalue weighted by Crippen LogP contribution is -2.41. The Hall–Kier alpha value is -1.81. The SMILES string of the molecule is O=C(Nc1ccc2ncsc2c1)C1CCN(S(=O)(=O)c2cccs2)CC1. The van der Waals surface area contributed by atoms with E-state index in [-0.39, 0.29) is 11.8 Å². The first-order chi connectivity index (χ1) is 12.5. The summed E-state index contributed by atoms with van der Waals surface area (Å²) in [6.07, 6.45) is 1.05. The third-order valence-electron chi connectivity index (χ3n) is 4.51. The Kier molecular flexibility index (Phi) is 4.78. The highest BCUT2D eigenvalue weighted by molar-refractivity contribution is 7.91. The normalized spacial score (nSPS) is 16.8. The van der Waals surface area contributed by atoms with Crippen molar-refractivity contribution in [1.29, 1.82) is 0 Å². The van der Waals surface area contributed by atoms with E-state index >= 15 is 0 Å². The molecule has 3 aromatic rings. The fourth-order valence-corrected chi connectivity index (χ4v) is 6.40. The van der Waals surface area contributed by atoms with Crippen molar-refractivity contribution in [3.8, 4) is 0 Å². The molecule has 1 N–H and O–H groups in total. The van der Waals surface area contributed by atoms with E-state index in [0.29, 0.717) is 30.1 Å². The number of aromatic nitrogens is 1. The molecule has 9 heteroatoms. The van der Waals surface area contributed by atoms with Crippen molar-refractivity contribution in [3.63, 3.8) is 0 Å². The van der Waals surface area contributed by atoms with Gasteiger partial charge >= 0.3 is 0 Å². The Bertz CT molecular complexity index is 1020. The molecule has 6 nitrogen and oxygen atoms in total. The molecule has 0 bridgehead atoms. The Morgan fingerprint density at radius 2 is 2.00 bits per heavy atom. The Morgan fingerprint density at radius 3 is 2.73 bits per heavy atom. The number of fused-ring (bicyclic) bond motifs is 1. The third kappa shape index (κ3) is 3.39. The summed E-state index contributed by atoms with van der Waals surface area (Å²) in [6.45, 7) is 0.735. The maximum absolute atomic E-state index is 12.5. The summed E-state index contributed by atoms with van der Waals surface area (Å²) >= 11 is 2.75. The fraction of sp³-hybridized carbons (Fsp3) is 0.294. The number of carbonyl (C=O) groups is 1. The van der Waals surface area contributed by atoms with Crippen molar-refractivity contribution in [2.24, 2.45) is 5.92 Å². The molecule has 1 saturated heterocycles. The van der Waals surface area contributed by atoms with Crippen molar-refractivity contribution in [3.05, 3.63) is 41.2 Å². The van der Waals surface area contributed by atoms with Gasteiger partial charge in [-0.1, -0.05) is 6.07 Å². The summed E-state index contributed by atoms with van der Waals surface area (Å²) in [5, 5.41) is 4.71. The monoisotopic (exact) mass is 407 g/mol. The van der Waals surface area contributed by atoms with E-state index in [0.717, 1.165) is 15.9 Å². The molecule has 3 heterocycles. The summed E-state index contributed by atoms with van der Waals surface area (Å²) in [5.74, 6) is -0.232. The van der Waals surface area contributed by atoms with Crippen LogP contribution < -0.4 is 5.32 Å². The van der Waals surface area contributed by atoms with Crippen LogP contribution in [0.1, 0.15) is 12.8 Å². The Morgan fingerprint density at radius 1 is 1.19 bits per heavy atom. The average Bonchev–Trinajstić information content (AvgIpc) is 3.33. The topological polar surface area (TPSA) is 79.4 Å². The quantitative estimate of drug-likeness (QED) is 0.719. The van der Waals surface area contributed by atoms with E-state index in [1.54, 1.807) is 23.0 Å². The van der Waals surface area contributed by atoms with Crippen LogP contribution in [0.5, 0.6) is 0 Å². The van der Waals surface area contributed by atoms with Crippen LogP contribution in [0.2, 0.25) is 0 Å². The molecule has 1 amide bonds. The largest absolute Gasteiger partial charge is 0.326 e. The van der Waals surface area contributed by atoms with Crippen molar-refractivity contribution in [2.75, 3.05) is 18.4 Å². The van der Waals surface area contributed by atoms with Crippen LogP contribution in [0.4, 0.5) is 5.69 Å². The molecule has 2 aromatic heterocycles. The van der Waals surface area contributed by atoms with E-state index < -0.39 is 10.0 Å². The number of piperidine rings is 1. The molecule has 1 fully saturated rings. The number of rotatable bonds is 4. The third-order valence-corrected chi connectivity index (χ3v) is 8.58. The highest BCUT2D eigenvalue weighted by Gasteiger charge is 2.32. The summed E-state index contributed by atoms with van der Waals surface area (Å²) in [7, 11) is -3.43. The molecular formula is C17H17N3O3S3. The predicted molar refractivity (Wildman–Crippen MR) is 104 cm³/mol. The first kappa shape index (κ1) is 17.6. The molecular weight excluding hydrogens is 390 g/mol. The second-order valence-corrected chi connectivity index (χ2v) is 10.1. The van der Waals surface area contributed by atoms with Gasteiger partial charge in [0, 0.05) is 24.7 Å². The number of nitrogens with one attached hydrogen (secondary N) is 1. The number of sulfonamides is 1. The average molecular weight is 408 g/mol. The van der Waals surface area contributed by atoms with Gasteiger partial charge in [0.05, 0.1) is 15.7 Å². The number of amides is 1. The number of nitrogens with zero attached hydrogens (tertiary/aromatic N) is 2. The second kappa shape index (κ2) is 7.07. The molecule has 0 atom stereocenters. The lowest BCUT2D eigenvalue weighted by atomic mass is 9.97. The van der Waals surface area contributed by atoms with Crippen LogP contribution in [-0.4, -0.2) is 36.7 Å². The van der Waals surface area contributed by atoms with E-state index in [9.17, 15) is 13.2 Å². The molecule has 1 aliphatic rings. The van der Waals surface area contributed by atoms with Gasteiger partial charge in [0.25, 0.3) is 10.0 Å². The highest BCUT2D eigenvalue weighted by atomic mass is 32.2. The molecule has 0 unspecified atom stereocenters. The van der Waals surface area contributed by atoms with Gasteiger partial charge in [0.2, 0.25) is 5.91 Å². The molecule has 0 radical (unpaired) electrons. The van der Waals surface area contributed by atoms with Gasteiger partial charge in [0.1, 0.15) is 4.21 Å². The van der Waals surface area contributed by atoms with Crippen LogP contribution in [0.15, 0.2) is 45.4 Å². The first-order valence-electron chi connectivity index (χ1n) is 8.22. The van der Waals surface area contributed by atoms with Gasteiger partial charge in [-0.15, -0.1) is 22.7 Å². The lowest BCUT2D eigenvalue weighted by molar-refractivity contribution is -0.120. The minimum absolute atomic E-state index is 0.0537. The number of hydrogen-bond acceptors (Lipinski definition) is 6. The van der Waals surface area contributed by atoms with Crippen molar-refractivity contribution < 1.29 is 13.2 Å². The number of benzene rings is 1. The minimum Gasteiger partial charge on any atom is -0.326 e. The number of thiophene rings is 1. The van der Waals surface area contributed by atoms with Gasteiger partial charge in [0.15, 0.2) is 0 Å².